The predicted octanol–water partition coefficient (Wildman–Crippen LogP) is 3.45. The van der Waals surface area contributed by atoms with Crippen molar-refractivity contribution in [2.75, 3.05) is 19.5 Å². The largest absolute Gasteiger partial charge is 0.493 e. The summed E-state index contributed by atoms with van der Waals surface area (Å²) >= 11 is 0. The predicted molar refractivity (Wildman–Crippen MR) is 101 cm³/mol. The first kappa shape index (κ1) is 17.7. The molecule has 0 radical (unpaired) electrons. The summed E-state index contributed by atoms with van der Waals surface area (Å²) in [5.41, 5.74) is 3.47. The maximum absolute atomic E-state index is 12.4. The number of aryl methyl sites for hydroxylation is 2. The van der Waals surface area contributed by atoms with E-state index in [2.05, 4.69) is 15.3 Å². The van der Waals surface area contributed by atoms with Gasteiger partial charge in [-0.3, -0.25) is 4.79 Å². The zero-order chi connectivity index (χ0) is 18.7. The van der Waals surface area contributed by atoms with Gasteiger partial charge in [0.25, 0.3) is 0 Å². The quantitative estimate of drug-likeness (QED) is 0.762. The Kier molecular flexibility index (Phi) is 5.02. The van der Waals surface area contributed by atoms with Crippen molar-refractivity contribution in [2.24, 2.45) is 0 Å². The second kappa shape index (κ2) is 7.39. The molecule has 0 saturated heterocycles. The minimum Gasteiger partial charge on any atom is -0.493 e. The van der Waals surface area contributed by atoms with Crippen LogP contribution in [0.25, 0.3) is 11.0 Å². The molecule has 0 aliphatic carbocycles. The molecule has 6 heteroatoms. The monoisotopic (exact) mass is 351 g/mol. The Hall–Kier alpha value is -3.15. The number of carbonyl (C=O) groups is 1. The lowest BCUT2D eigenvalue weighted by Gasteiger charge is -2.10. The highest BCUT2D eigenvalue weighted by molar-refractivity contribution is 5.92. The fraction of sp³-hybridized carbons (Fsp3) is 0.250. The third-order valence-corrected chi connectivity index (χ3v) is 4.09. The molecule has 1 aromatic carbocycles. The molecule has 0 spiro atoms. The molecule has 1 N–H and O–H groups in total. The number of ether oxygens (including phenoxy) is 2. The molecule has 3 rings (SSSR count). The highest BCUT2D eigenvalue weighted by atomic mass is 16.5. The Bertz CT molecular complexity index is 970. The highest BCUT2D eigenvalue weighted by Crippen LogP contribution is 2.27. The molecule has 0 saturated carbocycles. The van der Waals surface area contributed by atoms with E-state index in [1.54, 1.807) is 32.4 Å². The van der Waals surface area contributed by atoms with Crippen molar-refractivity contribution in [3.05, 3.63) is 53.2 Å². The topological polar surface area (TPSA) is 73.3 Å². The Morgan fingerprint density at radius 2 is 1.77 bits per heavy atom. The zero-order valence-corrected chi connectivity index (χ0v) is 15.3. The Balaban J connectivity index is 1.77. The van der Waals surface area contributed by atoms with Crippen LogP contribution in [0.5, 0.6) is 11.5 Å². The number of rotatable bonds is 5. The number of benzene rings is 1. The average Bonchev–Trinajstić information content (AvgIpc) is 2.61. The van der Waals surface area contributed by atoms with Crippen molar-refractivity contribution in [1.82, 2.24) is 9.97 Å². The van der Waals surface area contributed by atoms with Crippen molar-refractivity contribution in [3.8, 4) is 11.5 Å². The number of pyridine rings is 2. The van der Waals surface area contributed by atoms with Crippen LogP contribution in [0, 0.1) is 13.8 Å². The van der Waals surface area contributed by atoms with Crippen LogP contribution in [0.3, 0.4) is 0 Å². The summed E-state index contributed by atoms with van der Waals surface area (Å²) in [5, 5.41) is 3.81. The molecule has 134 valence electrons. The lowest BCUT2D eigenvalue weighted by molar-refractivity contribution is -0.115. The molecule has 0 fully saturated rings. The number of fused-ring (bicyclic) bond motifs is 1. The Morgan fingerprint density at radius 1 is 1.00 bits per heavy atom. The van der Waals surface area contributed by atoms with Gasteiger partial charge in [-0.15, -0.1) is 0 Å². The summed E-state index contributed by atoms with van der Waals surface area (Å²) in [4.78, 5) is 21.3. The van der Waals surface area contributed by atoms with Crippen LogP contribution in [0.15, 0.2) is 36.4 Å². The standard InChI is InChI=1S/C20H21N3O3/c1-12-9-13(2)21-20-15(12)6-8-18(23-20)22-19(24)11-14-5-7-16(25-3)17(10-14)26-4/h5-10H,11H2,1-4H3,(H,21,22,23,24). The number of amides is 1. The summed E-state index contributed by atoms with van der Waals surface area (Å²) in [7, 11) is 3.14. The second-order valence-electron chi connectivity index (χ2n) is 6.06. The summed E-state index contributed by atoms with van der Waals surface area (Å²) < 4.78 is 10.5. The molecule has 3 aromatic rings. The first-order chi connectivity index (χ1) is 12.5. The normalized spacial score (nSPS) is 10.6. The van der Waals surface area contributed by atoms with Gasteiger partial charge in [-0.05, 0) is 55.3 Å². The van der Waals surface area contributed by atoms with E-state index in [4.69, 9.17) is 9.47 Å². The van der Waals surface area contributed by atoms with Crippen LogP contribution in [0.1, 0.15) is 16.8 Å². The first-order valence-electron chi connectivity index (χ1n) is 8.26. The van der Waals surface area contributed by atoms with Gasteiger partial charge in [-0.1, -0.05) is 6.07 Å². The Morgan fingerprint density at radius 3 is 2.50 bits per heavy atom. The van der Waals surface area contributed by atoms with E-state index in [1.807, 2.05) is 32.0 Å². The number of anilines is 1. The number of methoxy groups -OCH3 is 2. The highest BCUT2D eigenvalue weighted by Gasteiger charge is 2.10. The number of hydrogen-bond donors (Lipinski definition) is 1. The number of nitrogens with zero attached hydrogens (tertiary/aromatic N) is 2. The van der Waals surface area contributed by atoms with Crippen molar-refractivity contribution in [2.45, 2.75) is 20.3 Å². The minimum absolute atomic E-state index is 0.159. The number of carbonyl (C=O) groups excluding carboxylic acids is 1. The van der Waals surface area contributed by atoms with E-state index in [9.17, 15) is 4.79 Å². The molecule has 0 aliphatic heterocycles. The number of hydrogen-bond acceptors (Lipinski definition) is 5. The third kappa shape index (κ3) is 3.74. The fourth-order valence-corrected chi connectivity index (χ4v) is 2.86. The average molecular weight is 351 g/mol. The molecule has 2 aromatic heterocycles. The molecule has 0 unspecified atom stereocenters. The summed E-state index contributed by atoms with van der Waals surface area (Å²) in [6.45, 7) is 3.95. The molecule has 26 heavy (non-hydrogen) atoms. The van der Waals surface area contributed by atoms with Crippen LogP contribution in [0.2, 0.25) is 0 Å². The van der Waals surface area contributed by atoms with Gasteiger partial charge in [0, 0.05) is 11.1 Å². The fourth-order valence-electron chi connectivity index (χ4n) is 2.86. The Labute approximate surface area is 152 Å². The van der Waals surface area contributed by atoms with Gasteiger partial charge in [0.2, 0.25) is 5.91 Å². The molecule has 1 amide bonds. The first-order valence-corrected chi connectivity index (χ1v) is 8.26. The number of aromatic nitrogens is 2. The number of nitrogens with one attached hydrogen (secondary N) is 1. The van der Waals surface area contributed by atoms with E-state index < -0.39 is 0 Å². The minimum atomic E-state index is -0.159. The lowest BCUT2D eigenvalue weighted by Crippen LogP contribution is -2.15. The van der Waals surface area contributed by atoms with Crippen LogP contribution in [-0.2, 0) is 11.2 Å². The van der Waals surface area contributed by atoms with Crippen LogP contribution < -0.4 is 14.8 Å². The maximum atomic E-state index is 12.4. The molecule has 0 aliphatic rings. The van der Waals surface area contributed by atoms with Gasteiger partial charge in [-0.2, -0.15) is 0 Å². The van der Waals surface area contributed by atoms with Gasteiger partial charge in [-0.25, -0.2) is 9.97 Å². The van der Waals surface area contributed by atoms with Gasteiger partial charge in [0.05, 0.1) is 20.6 Å². The summed E-state index contributed by atoms with van der Waals surface area (Å²) in [5.74, 6) is 1.55. The smallest absolute Gasteiger partial charge is 0.229 e. The van der Waals surface area contributed by atoms with E-state index in [0.29, 0.717) is 23.0 Å². The van der Waals surface area contributed by atoms with Crippen molar-refractivity contribution in [1.29, 1.82) is 0 Å². The molecule has 2 heterocycles. The SMILES string of the molecule is COc1ccc(CC(=O)Nc2ccc3c(C)cc(C)nc3n2)cc1OC. The van der Waals surface area contributed by atoms with E-state index in [-0.39, 0.29) is 12.3 Å². The second-order valence-corrected chi connectivity index (χ2v) is 6.06. The molecular weight excluding hydrogens is 330 g/mol. The zero-order valence-electron chi connectivity index (χ0n) is 15.3. The van der Waals surface area contributed by atoms with E-state index >= 15 is 0 Å². The molecule has 6 nitrogen and oxygen atoms in total. The van der Waals surface area contributed by atoms with Crippen LogP contribution >= 0.6 is 0 Å². The van der Waals surface area contributed by atoms with Crippen molar-refractivity contribution >= 4 is 22.8 Å². The maximum Gasteiger partial charge on any atom is 0.229 e. The van der Waals surface area contributed by atoms with E-state index in [0.717, 1.165) is 22.2 Å². The molecule has 0 atom stereocenters. The van der Waals surface area contributed by atoms with Crippen LogP contribution in [0.4, 0.5) is 5.82 Å². The third-order valence-electron chi connectivity index (χ3n) is 4.09. The van der Waals surface area contributed by atoms with E-state index in [1.165, 1.54) is 0 Å². The molecule has 0 bridgehead atoms. The van der Waals surface area contributed by atoms with Crippen molar-refractivity contribution in [3.63, 3.8) is 0 Å². The van der Waals surface area contributed by atoms with Gasteiger partial charge < -0.3 is 14.8 Å². The molecular formula is C20H21N3O3. The lowest BCUT2D eigenvalue weighted by atomic mass is 10.1. The summed E-state index contributed by atoms with van der Waals surface area (Å²) in [6.07, 6.45) is 0.209. The summed E-state index contributed by atoms with van der Waals surface area (Å²) in [6, 6.07) is 11.1. The van der Waals surface area contributed by atoms with Crippen LogP contribution in [-0.4, -0.2) is 30.1 Å². The van der Waals surface area contributed by atoms with Gasteiger partial charge in [0.1, 0.15) is 5.82 Å². The van der Waals surface area contributed by atoms with Gasteiger partial charge in [0.15, 0.2) is 17.1 Å². The van der Waals surface area contributed by atoms with Crippen molar-refractivity contribution < 1.29 is 14.3 Å². The van der Waals surface area contributed by atoms with Gasteiger partial charge >= 0.3 is 0 Å².